The highest BCUT2D eigenvalue weighted by Crippen LogP contribution is 2.36. The van der Waals surface area contributed by atoms with Gasteiger partial charge >= 0.3 is 18.1 Å². The first-order valence-electron chi connectivity index (χ1n) is 8.65. The molecule has 0 aliphatic heterocycles. The molecule has 0 aliphatic rings. The number of rotatable bonds is 5. The number of carbonyl (C=O) groups is 2. The van der Waals surface area contributed by atoms with E-state index in [4.69, 9.17) is 4.84 Å². The van der Waals surface area contributed by atoms with E-state index in [2.05, 4.69) is 37.0 Å². The van der Waals surface area contributed by atoms with Crippen LogP contribution in [-0.4, -0.2) is 16.9 Å². The van der Waals surface area contributed by atoms with E-state index in [1.165, 1.54) is 48.7 Å². The number of aromatic nitrogens is 1. The second-order valence-electron chi connectivity index (χ2n) is 6.04. The Bertz CT molecular complexity index is 1080. The van der Waals surface area contributed by atoms with Crippen molar-refractivity contribution in [2.24, 2.45) is 0 Å². The van der Waals surface area contributed by atoms with Crippen LogP contribution in [0.5, 0.6) is 5.75 Å². The number of nitrogens with zero attached hydrogens (tertiary/aromatic N) is 1. The summed E-state index contributed by atoms with van der Waals surface area (Å²) in [7, 11) is 0. The third kappa shape index (κ3) is 6.19. The van der Waals surface area contributed by atoms with Gasteiger partial charge in [-0.15, -0.1) is 0 Å². The number of pyridine rings is 1. The molecule has 0 saturated heterocycles. The van der Waals surface area contributed by atoms with Gasteiger partial charge in [-0.1, -0.05) is 22.0 Å². The van der Waals surface area contributed by atoms with Crippen molar-refractivity contribution < 1.29 is 27.6 Å². The Morgan fingerprint density at radius 3 is 2.26 bits per heavy atom. The smallest absolute Gasteiger partial charge is 0.379 e. The van der Waals surface area contributed by atoms with Gasteiger partial charge in [-0.05, 0) is 54.6 Å². The van der Waals surface area contributed by atoms with Crippen molar-refractivity contribution in [2.45, 2.75) is 6.18 Å². The fraction of sp³-hybridized carbons (Fsp3) is 0.0500. The first kappa shape index (κ1) is 22.1. The van der Waals surface area contributed by atoms with E-state index in [-0.39, 0.29) is 21.6 Å². The molecule has 1 heterocycles. The molecule has 3 rings (SSSR count). The quantitative estimate of drug-likeness (QED) is 0.423. The summed E-state index contributed by atoms with van der Waals surface area (Å²) in [4.78, 5) is 33.0. The Balaban J connectivity index is 1.55. The molecule has 3 N–H and O–H groups in total. The number of anilines is 2. The Hall–Kier alpha value is -3.60. The minimum absolute atomic E-state index is 0.0230. The van der Waals surface area contributed by atoms with Crippen LogP contribution in [0, 0.1) is 0 Å². The van der Waals surface area contributed by atoms with Crippen LogP contribution in [0.25, 0.3) is 0 Å². The van der Waals surface area contributed by atoms with Crippen LogP contribution in [0.15, 0.2) is 71.3 Å². The summed E-state index contributed by atoms with van der Waals surface area (Å²) < 4.78 is 38.8. The highest BCUT2D eigenvalue weighted by Gasteiger charge is 2.33. The maximum Gasteiger partial charge on any atom is 0.417 e. The Morgan fingerprint density at radius 2 is 1.61 bits per heavy atom. The number of alkyl halides is 3. The van der Waals surface area contributed by atoms with Gasteiger partial charge in [0, 0.05) is 22.0 Å². The van der Waals surface area contributed by atoms with Gasteiger partial charge in [-0.25, -0.2) is 4.79 Å². The number of hydroxylamine groups is 1. The highest BCUT2D eigenvalue weighted by molar-refractivity contribution is 9.10. The first-order chi connectivity index (χ1) is 14.7. The molecule has 0 fully saturated rings. The number of benzene rings is 2. The summed E-state index contributed by atoms with van der Waals surface area (Å²) in [6.07, 6.45) is -3.09. The lowest BCUT2D eigenvalue weighted by molar-refractivity contribution is -0.138. The van der Waals surface area contributed by atoms with Gasteiger partial charge in [0.25, 0.3) is 0 Å². The van der Waals surface area contributed by atoms with Crippen molar-refractivity contribution >= 4 is 39.2 Å². The molecule has 1 aromatic heterocycles. The third-order valence-corrected chi connectivity index (χ3v) is 4.49. The number of halogens is 4. The molecule has 0 spiro atoms. The fourth-order valence-electron chi connectivity index (χ4n) is 2.37. The van der Waals surface area contributed by atoms with Crippen molar-refractivity contribution in [1.82, 2.24) is 10.5 Å². The monoisotopic (exact) mass is 494 g/mol. The Kier molecular flexibility index (Phi) is 6.75. The predicted molar refractivity (Wildman–Crippen MR) is 111 cm³/mol. The zero-order valence-corrected chi connectivity index (χ0v) is 17.1. The fourth-order valence-corrected chi connectivity index (χ4v) is 2.85. The van der Waals surface area contributed by atoms with Crippen LogP contribution >= 0.6 is 15.9 Å². The van der Waals surface area contributed by atoms with E-state index < -0.39 is 23.7 Å². The van der Waals surface area contributed by atoms with Gasteiger partial charge in [0.1, 0.15) is 5.69 Å². The minimum Gasteiger partial charge on any atom is -0.379 e. The summed E-state index contributed by atoms with van der Waals surface area (Å²) in [6.45, 7) is 0. The number of amides is 3. The van der Waals surface area contributed by atoms with E-state index in [1.54, 1.807) is 12.1 Å². The molecule has 7 nitrogen and oxygen atoms in total. The Labute approximate surface area is 182 Å². The van der Waals surface area contributed by atoms with Crippen molar-refractivity contribution in [3.63, 3.8) is 0 Å². The van der Waals surface area contributed by atoms with Crippen LogP contribution in [0.2, 0.25) is 0 Å². The molecule has 2 aromatic carbocycles. The molecule has 11 heteroatoms. The molecule has 0 aliphatic carbocycles. The molecule has 0 unspecified atom stereocenters. The normalized spacial score (nSPS) is 10.8. The van der Waals surface area contributed by atoms with E-state index in [0.29, 0.717) is 5.69 Å². The SMILES string of the molecule is O=C(Nc1ccc(ONC(=O)c2ccccn2)cc1)Nc1ccc(Br)c(C(F)(F)F)c1. The lowest BCUT2D eigenvalue weighted by Crippen LogP contribution is -2.27. The Morgan fingerprint density at radius 1 is 0.935 bits per heavy atom. The third-order valence-electron chi connectivity index (χ3n) is 3.80. The molecule has 3 aromatic rings. The van der Waals surface area contributed by atoms with Gasteiger partial charge in [-0.3, -0.25) is 9.78 Å². The molecule has 31 heavy (non-hydrogen) atoms. The summed E-state index contributed by atoms with van der Waals surface area (Å²) in [6, 6.07) is 13.4. The van der Waals surface area contributed by atoms with Crippen molar-refractivity contribution in [1.29, 1.82) is 0 Å². The first-order valence-corrected chi connectivity index (χ1v) is 9.45. The predicted octanol–water partition coefficient (Wildman–Crippen LogP) is 5.23. The van der Waals surface area contributed by atoms with Gasteiger partial charge in [0.2, 0.25) is 0 Å². The number of nitrogens with one attached hydrogen (secondary N) is 3. The summed E-state index contributed by atoms with van der Waals surface area (Å²) >= 11 is 2.84. The van der Waals surface area contributed by atoms with Crippen LogP contribution in [0.1, 0.15) is 16.1 Å². The average molecular weight is 495 g/mol. The molecule has 0 saturated carbocycles. The zero-order valence-electron chi connectivity index (χ0n) is 15.5. The van der Waals surface area contributed by atoms with E-state index >= 15 is 0 Å². The van der Waals surface area contributed by atoms with Crippen LogP contribution in [0.3, 0.4) is 0 Å². The zero-order chi connectivity index (χ0) is 22.4. The highest BCUT2D eigenvalue weighted by atomic mass is 79.9. The average Bonchev–Trinajstić information content (AvgIpc) is 2.74. The largest absolute Gasteiger partial charge is 0.417 e. The topological polar surface area (TPSA) is 92.4 Å². The van der Waals surface area contributed by atoms with Crippen LogP contribution in [0.4, 0.5) is 29.3 Å². The lowest BCUT2D eigenvalue weighted by Gasteiger charge is -2.13. The summed E-state index contributed by atoms with van der Waals surface area (Å²) in [5, 5.41) is 4.82. The number of urea groups is 1. The molecule has 0 atom stereocenters. The minimum atomic E-state index is -4.56. The molecule has 160 valence electrons. The van der Waals surface area contributed by atoms with Crippen molar-refractivity contribution in [2.75, 3.05) is 10.6 Å². The number of carbonyl (C=O) groups excluding carboxylic acids is 2. The number of hydrogen-bond acceptors (Lipinski definition) is 4. The lowest BCUT2D eigenvalue weighted by atomic mass is 10.2. The standard InChI is InChI=1S/C20H14BrF3N4O3/c21-16-9-6-13(11-15(16)20(22,23)24)27-19(30)26-12-4-7-14(8-5-12)31-28-18(29)17-3-1-2-10-25-17/h1-11H,(H,28,29)(H2,26,27,30). The molecule has 0 bridgehead atoms. The maximum atomic E-state index is 13.0. The van der Waals surface area contributed by atoms with Crippen molar-refractivity contribution in [3.05, 3.63) is 82.6 Å². The second-order valence-corrected chi connectivity index (χ2v) is 6.90. The van der Waals surface area contributed by atoms with Gasteiger partial charge in [-0.2, -0.15) is 18.7 Å². The molecular formula is C20H14BrF3N4O3. The second kappa shape index (κ2) is 9.47. The molecular weight excluding hydrogens is 481 g/mol. The van der Waals surface area contributed by atoms with E-state index in [9.17, 15) is 22.8 Å². The van der Waals surface area contributed by atoms with Crippen LogP contribution in [-0.2, 0) is 6.18 Å². The van der Waals surface area contributed by atoms with Crippen molar-refractivity contribution in [3.8, 4) is 5.75 Å². The molecule has 3 amide bonds. The maximum absolute atomic E-state index is 13.0. The van der Waals surface area contributed by atoms with Gasteiger partial charge < -0.3 is 15.5 Å². The summed E-state index contributed by atoms with van der Waals surface area (Å²) in [5.74, 6) is -0.243. The molecule has 0 radical (unpaired) electrons. The van der Waals surface area contributed by atoms with E-state index in [0.717, 1.165) is 6.07 Å². The number of hydrogen-bond donors (Lipinski definition) is 3. The van der Waals surface area contributed by atoms with Gasteiger partial charge in [0.05, 0.1) is 5.56 Å². The van der Waals surface area contributed by atoms with Crippen LogP contribution < -0.4 is 21.0 Å². The van der Waals surface area contributed by atoms with Gasteiger partial charge in [0.15, 0.2) is 5.75 Å². The summed E-state index contributed by atoms with van der Waals surface area (Å²) in [5.41, 5.74) is 1.84. The van der Waals surface area contributed by atoms with E-state index in [1.807, 2.05) is 0 Å².